The molecular weight excluding hydrogens is 328 g/mol. The smallest absolute Gasteiger partial charge is 0.0744 e. The van der Waals surface area contributed by atoms with Gasteiger partial charge in [-0.15, -0.1) is 0 Å². The third-order valence-electron chi connectivity index (χ3n) is 4.26. The molecule has 1 heterocycles. The first-order valence-electron chi connectivity index (χ1n) is 7.88. The molecule has 1 fully saturated rings. The second kappa shape index (κ2) is 8.16. The lowest BCUT2D eigenvalue weighted by Crippen LogP contribution is -2.32. The molecule has 2 rings (SSSR count). The summed E-state index contributed by atoms with van der Waals surface area (Å²) in [6, 6.07) is 7.53. The van der Waals surface area contributed by atoms with Gasteiger partial charge in [0.05, 0.1) is 6.61 Å². The van der Waals surface area contributed by atoms with Crippen molar-refractivity contribution in [2.45, 2.75) is 51.8 Å². The van der Waals surface area contributed by atoms with E-state index in [1.54, 1.807) is 7.11 Å². The summed E-state index contributed by atoms with van der Waals surface area (Å²) in [4.78, 5) is 2.58. The number of hydrogen-bond acceptors (Lipinski definition) is 3. The molecule has 0 spiro atoms. The Morgan fingerprint density at radius 1 is 1.33 bits per heavy atom. The number of nitrogens with one attached hydrogen (secondary N) is 1. The number of hydrogen-bond donors (Lipinski definition) is 1. The van der Waals surface area contributed by atoms with Crippen LogP contribution < -0.4 is 5.32 Å². The van der Waals surface area contributed by atoms with Crippen LogP contribution in [0.1, 0.15) is 38.7 Å². The van der Waals surface area contributed by atoms with E-state index in [0.717, 1.165) is 4.47 Å². The maximum Gasteiger partial charge on any atom is 0.0744 e. The lowest BCUT2D eigenvalue weighted by molar-refractivity contribution is 0.185. The lowest BCUT2D eigenvalue weighted by Gasteiger charge is -2.25. The fraction of sp³-hybridized carbons (Fsp3) is 0.647. The minimum atomic E-state index is 0.554. The molecule has 0 radical (unpaired) electrons. The molecule has 1 saturated heterocycles. The van der Waals surface area contributed by atoms with Crippen molar-refractivity contribution in [3.05, 3.63) is 28.2 Å². The monoisotopic (exact) mass is 354 g/mol. The van der Waals surface area contributed by atoms with E-state index in [0.29, 0.717) is 18.7 Å². The van der Waals surface area contributed by atoms with Crippen LogP contribution in [0, 0.1) is 0 Å². The van der Waals surface area contributed by atoms with E-state index in [4.69, 9.17) is 4.74 Å². The van der Waals surface area contributed by atoms with Crippen LogP contribution in [0.15, 0.2) is 22.7 Å². The minimum Gasteiger partial charge on any atom is -0.382 e. The van der Waals surface area contributed by atoms with Gasteiger partial charge in [0.1, 0.15) is 0 Å². The van der Waals surface area contributed by atoms with Crippen molar-refractivity contribution in [1.29, 1.82) is 0 Å². The number of benzene rings is 1. The van der Waals surface area contributed by atoms with Gasteiger partial charge in [0.2, 0.25) is 0 Å². The fourth-order valence-electron chi connectivity index (χ4n) is 2.98. The van der Waals surface area contributed by atoms with Crippen molar-refractivity contribution in [3.8, 4) is 0 Å². The quantitative estimate of drug-likeness (QED) is 0.854. The highest BCUT2D eigenvalue weighted by molar-refractivity contribution is 9.10. The fourth-order valence-corrected chi connectivity index (χ4v) is 3.46. The van der Waals surface area contributed by atoms with Gasteiger partial charge in [0.25, 0.3) is 0 Å². The van der Waals surface area contributed by atoms with Gasteiger partial charge in [-0.3, -0.25) is 0 Å². The molecule has 21 heavy (non-hydrogen) atoms. The molecule has 118 valence electrons. The molecule has 0 bridgehead atoms. The first kappa shape index (κ1) is 16.8. The first-order valence-corrected chi connectivity index (χ1v) is 8.68. The number of ether oxygens (including phenoxy) is 1. The molecule has 0 saturated carbocycles. The van der Waals surface area contributed by atoms with Crippen molar-refractivity contribution in [1.82, 2.24) is 4.90 Å². The average molecular weight is 355 g/mol. The van der Waals surface area contributed by atoms with E-state index >= 15 is 0 Å². The van der Waals surface area contributed by atoms with Crippen LogP contribution in [0.25, 0.3) is 0 Å². The van der Waals surface area contributed by atoms with Crippen LogP contribution in [0.4, 0.5) is 5.69 Å². The summed E-state index contributed by atoms with van der Waals surface area (Å²) in [5.41, 5.74) is 2.42. The van der Waals surface area contributed by atoms with Crippen molar-refractivity contribution in [2.24, 2.45) is 0 Å². The summed E-state index contributed by atoms with van der Waals surface area (Å²) in [5.74, 6) is 0. The Balaban J connectivity index is 2.03. The van der Waals surface area contributed by atoms with Crippen LogP contribution in [0.5, 0.6) is 0 Å². The Morgan fingerprint density at radius 3 is 2.86 bits per heavy atom. The Morgan fingerprint density at radius 2 is 2.14 bits per heavy atom. The molecule has 1 unspecified atom stereocenters. The Kier molecular flexibility index (Phi) is 6.52. The number of rotatable bonds is 5. The maximum absolute atomic E-state index is 5.33. The Bertz CT molecular complexity index is 450. The van der Waals surface area contributed by atoms with E-state index in [9.17, 15) is 0 Å². The zero-order valence-electron chi connectivity index (χ0n) is 13.4. The van der Waals surface area contributed by atoms with Gasteiger partial charge < -0.3 is 15.0 Å². The van der Waals surface area contributed by atoms with Crippen molar-refractivity contribution < 1.29 is 4.74 Å². The van der Waals surface area contributed by atoms with Gasteiger partial charge in [-0.1, -0.05) is 22.0 Å². The van der Waals surface area contributed by atoms with Crippen LogP contribution in [-0.2, 0) is 11.3 Å². The Labute approximate surface area is 137 Å². The average Bonchev–Trinajstić information content (AvgIpc) is 2.68. The molecule has 1 atom stereocenters. The second-order valence-electron chi connectivity index (χ2n) is 6.10. The summed E-state index contributed by atoms with van der Waals surface area (Å²) in [5, 5.41) is 3.74. The molecule has 1 aromatic rings. The van der Waals surface area contributed by atoms with Crippen LogP contribution in [0.2, 0.25) is 0 Å². The number of likely N-dealkylation sites (tertiary alicyclic amines) is 1. The van der Waals surface area contributed by atoms with Gasteiger partial charge >= 0.3 is 0 Å². The van der Waals surface area contributed by atoms with Gasteiger partial charge in [-0.2, -0.15) is 0 Å². The van der Waals surface area contributed by atoms with E-state index in [1.165, 1.54) is 43.6 Å². The highest BCUT2D eigenvalue weighted by Crippen LogP contribution is 2.27. The summed E-state index contributed by atoms with van der Waals surface area (Å²) < 4.78 is 6.45. The van der Waals surface area contributed by atoms with Gasteiger partial charge in [0, 0.05) is 41.5 Å². The summed E-state index contributed by atoms with van der Waals surface area (Å²) in [6.07, 6.45) is 3.71. The zero-order chi connectivity index (χ0) is 15.2. The third-order valence-corrected chi connectivity index (χ3v) is 5.00. The summed E-state index contributed by atoms with van der Waals surface area (Å²) in [6.45, 7) is 7.62. The second-order valence-corrected chi connectivity index (χ2v) is 6.96. The number of nitrogens with zero attached hydrogens (tertiary/aromatic N) is 1. The highest BCUT2D eigenvalue weighted by atomic mass is 79.9. The third kappa shape index (κ3) is 4.70. The van der Waals surface area contributed by atoms with Crippen LogP contribution in [-0.4, -0.2) is 37.2 Å². The molecule has 1 aromatic carbocycles. The molecule has 1 aliphatic rings. The van der Waals surface area contributed by atoms with E-state index in [1.807, 2.05) is 0 Å². The van der Waals surface area contributed by atoms with Gasteiger partial charge in [-0.05, 0) is 51.8 Å². The summed E-state index contributed by atoms with van der Waals surface area (Å²) >= 11 is 3.63. The largest absolute Gasteiger partial charge is 0.382 e. The van der Waals surface area contributed by atoms with Crippen molar-refractivity contribution in [3.63, 3.8) is 0 Å². The number of anilines is 1. The predicted molar refractivity (Wildman–Crippen MR) is 92.8 cm³/mol. The first-order chi connectivity index (χ1) is 10.1. The molecule has 4 heteroatoms. The van der Waals surface area contributed by atoms with Gasteiger partial charge in [0.15, 0.2) is 0 Å². The summed E-state index contributed by atoms with van der Waals surface area (Å²) in [7, 11) is 1.75. The number of halogens is 1. The lowest BCUT2D eigenvalue weighted by atomic mass is 10.1. The highest BCUT2D eigenvalue weighted by Gasteiger charge is 2.19. The van der Waals surface area contributed by atoms with Crippen molar-refractivity contribution >= 4 is 21.6 Å². The van der Waals surface area contributed by atoms with Crippen LogP contribution in [0.3, 0.4) is 0 Å². The maximum atomic E-state index is 5.33. The van der Waals surface area contributed by atoms with Crippen molar-refractivity contribution in [2.75, 3.05) is 25.5 Å². The molecule has 0 aliphatic carbocycles. The SMILES string of the molecule is COCc1c(Br)cccc1NC1CCCN(C(C)C)CC1. The molecule has 0 amide bonds. The normalized spacial score (nSPS) is 20.5. The molecule has 0 aromatic heterocycles. The standard InChI is InChI=1S/C17H27BrN2O/c1-13(2)20-10-5-6-14(9-11-20)19-17-8-4-7-16(18)15(17)12-21-3/h4,7-8,13-14,19H,5-6,9-12H2,1-3H3. The van der Waals surface area contributed by atoms with Crippen LogP contribution >= 0.6 is 15.9 Å². The number of methoxy groups -OCH3 is 1. The molecule has 1 aliphatic heterocycles. The minimum absolute atomic E-state index is 0.554. The van der Waals surface area contributed by atoms with E-state index < -0.39 is 0 Å². The van der Waals surface area contributed by atoms with E-state index in [-0.39, 0.29) is 0 Å². The molecular formula is C17H27BrN2O. The molecule has 3 nitrogen and oxygen atoms in total. The zero-order valence-corrected chi connectivity index (χ0v) is 14.9. The predicted octanol–water partition coefficient (Wildman–Crippen LogP) is 4.27. The van der Waals surface area contributed by atoms with Gasteiger partial charge in [-0.25, -0.2) is 0 Å². The Hall–Kier alpha value is -0.580. The molecule has 1 N–H and O–H groups in total. The topological polar surface area (TPSA) is 24.5 Å². The van der Waals surface area contributed by atoms with E-state index in [2.05, 4.69) is 58.2 Å².